The summed E-state index contributed by atoms with van der Waals surface area (Å²) in [5.74, 6) is 0.257. The second-order valence-corrected chi connectivity index (χ2v) is 5.07. The maximum Gasteiger partial charge on any atom is 0.277 e. The molecule has 1 N–H and O–H groups in total. The quantitative estimate of drug-likeness (QED) is 0.801. The van der Waals surface area contributed by atoms with Crippen LogP contribution in [0.4, 0.5) is 5.69 Å². The lowest BCUT2D eigenvalue weighted by atomic mass is 10.0. The van der Waals surface area contributed by atoms with Gasteiger partial charge in [0.1, 0.15) is 0 Å². The van der Waals surface area contributed by atoms with Crippen LogP contribution in [0, 0.1) is 13.8 Å². The van der Waals surface area contributed by atoms with Crippen molar-refractivity contribution < 1.29 is 9.32 Å². The molecule has 0 fully saturated rings. The Bertz CT molecular complexity index is 810. The van der Waals surface area contributed by atoms with Crippen molar-refractivity contribution in [1.82, 2.24) is 10.1 Å². The lowest BCUT2D eigenvalue weighted by molar-refractivity contribution is 0.101. The van der Waals surface area contributed by atoms with Crippen molar-refractivity contribution >= 4 is 11.6 Å². The highest BCUT2D eigenvalue weighted by molar-refractivity contribution is 6.03. The minimum absolute atomic E-state index is 0.241. The van der Waals surface area contributed by atoms with E-state index in [1.807, 2.05) is 32.0 Å². The second-order valence-electron chi connectivity index (χ2n) is 5.07. The van der Waals surface area contributed by atoms with Crippen molar-refractivity contribution in [3.05, 3.63) is 65.6 Å². The fraction of sp³-hybridized carbons (Fsp3) is 0.118. The number of nitrogens with one attached hydrogen (secondary N) is 1. The van der Waals surface area contributed by atoms with Gasteiger partial charge in [0.15, 0.2) is 11.5 Å². The highest BCUT2D eigenvalue weighted by atomic mass is 16.5. The number of anilines is 1. The standard InChI is InChI=1S/C17H15N3O2/c1-11-3-4-13(9-12(11)2)16-10-15(20-22-16)17(21)19-14-5-7-18-8-6-14/h3-10H,1-2H3,(H,18,19,21). The summed E-state index contributed by atoms with van der Waals surface area (Å²) in [5.41, 5.74) is 4.18. The number of amides is 1. The number of rotatable bonds is 3. The molecule has 3 rings (SSSR count). The molecule has 0 saturated heterocycles. The van der Waals surface area contributed by atoms with Gasteiger partial charge >= 0.3 is 0 Å². The second kappa shape index (κ2) is 5.81. The van der Waals surface area contributed by atoms with E-state index in [0.717, 1.165) is 11.1 Å². The normalized spacial score (nSPS) is 10.5. The first-order valence-electron chi connectivity index (χ1n) is 6.89. The molecule has 0 radical (unpaired) electrons. The van der Waals surface area contributed by atoms with Crippen LogP contribution in [0.1, 0.15) is 21.6 Å². The summed E-state index contributed by atoms with van der Waals surface area (Å²) in [6.07, 6.45) is 3.22. The first-order chi connectivity index (χ1) is 10.6. The van der Waals surface area contributed by atoms with Crippen molar-refractivity contribution in [2.75, 3.05) is 5.32 Å². The zero-order valence-corrected chi connectivity index (χ0v) is 12.3. The van der Waals surface area contributed by atoms with E-state index in [9.17, 15) is 4.79 Å². The number of carbonyl (C=O) groups excluding carboxylic acids is 1. The molecule has 0 bridgehead atoms. The molecule has 0 aliphatic rings. The molecular formula is C17H15N3O2. The highest BCUT2D eigenvalue weighted by Gasteiger charge is 2.14. The Labute approximate surface area is 128 Å². The van der Waals surface area contributed by atoms with Gasteiger partial charge in [-0.3, -0.25) is 9.78 Å². The van der Waals surface area contributed by atoms with Gasteiger partial charge in [0.05, 0.1) is 0 Å². The van der Waals surface area contributed by atoms with Crippen LogP contribution in [0.5, 0.6) is 0 Å². The maximum absolute atomic E-state index is 12.1. The predicted molar refractivity (Wildman–Crippen MR) is 83.6 cm³/mol. The third kappa shape index (κ3) is 2.88. The Balaban J connectivity index is 1.81. The van der Waals surface area contributed by atoms with Gasteiger partial charge < -0.3 is 9.84 Å². The fourth-order valence-corrected chi connectivity index (χ4v) is 2.04. The van der Waals surface area contributed by atoms with E-state index >= 15 is 0 Å². The van der Waals surface area contributed by atoms with Gasteiger partial charge in [-0.1, -0.05) is 17.3 Å². The van der Waals surface area contributed by atoms with E-state index in [1.54, 1.807) is 30.6 Å². The number of pyridine rings is 1. The maximum atomic E-state index is 12.1. The smallest absolute Gasteiger partial charge is 0.277 e. The van der Waals surface area contributed by atoms with Crippen molar-refractivity contribution in [2.45, 2.75) is 13.8 Å². The van der Waals surface area contributed by atoms with E-state index in [2.05, 4.69) is 15.5 Å². The Morgan fingerprint density at radius 2 is 1.82 bits per heavy atom. The van der Waals surface area contributed by atoms with E-state index < -0.39 is 0 Å². The molecule has 22 heavy (non-hydrogen) atoms. The molecule has 5 heteroatoms. The van der Waals surface area contributed by atoms with Crippen LogP contribution in [0.2, 0.25) is 0 Å². The number of aryl methyl sites for hydroxylation is 2. The molecule has 0 aliphatic heterocycles. The van der Waals surface area contributed by atoms with Crippen LogP contribution in [-0.4, -0.2) is 16.0 Å². The largest absolute Gasteiger partial charge is 0.355 e. The highest BCUT2D eigenvalue weighted by Crippen LogP contribution is 2.23. The summed E-state index contributed by atoms with van der Waals surface area (Å²) in [4.78, 5) is 16.0. The topological polar surface area (TPSA) is 68.0 Å². The third-order valence-electron chi connectivity index (χ3n) is 3.47. The Morgan fingerprint density at radius 1 is 1.05 bits per heavy atom. The Kier molecular flexibility index (Phi) is 3.70. The molecule has 2 aromatic heterocycles. The first-order valence-corrected chi connectivity index (χ1v) is 6.89. The van der Waals surface area contributed by atoms with E-state index in [1.165, 1.54) is 5.56 Å². The third-order valence-corrected chi connectivity index (χ3v) is 3.47. The van der Waals surface area contributed by atoms with Crippen molar-refractivity contribution in [1.29, 1.82) is 0 Å². The molecular weight excluding hydrogens is 278 g/mol. The Hall–Kier alpha value is -2.95. The minimum Gasteiger partial charge on any atom is -0.355 e. The predicted octanol–water partition coefficient (Wildman–Crippen LogP) is 3.61. The average Bonchev–Trinajstić information content (AvgIpc) is 3.01. The lowest BCUT2D eigenvalue weighted by Gasteiger charge is -2.01. The molecule has 3 aromatic rings. The minimum atomic E-state index is -0.315. The summed E-state index contributed by atoms with van der Waals surface area (Å²) in [7, 11) is 0. The first kappa shape index (κ1) is 14.0. The van der Waals surface area contributed by atoms with Gasteiger partial charge in [-0.2, -0.15) is 0 Å². The molecule has 0 unspecified atom stereocenters. The van der Waals surface area contributed by atoms with Gasteiger partial charge in [-0.15, -0.1) is 0 Å². The molecule has 0 spiro atoms. The molecule has 0 atom stereocenters. The summed E-state index contributed by atoms with van der Waals surface area (Å²) < 4.78 is 5.28. The van der Waals surface area contributed by atoms with Gasteiger partial charge in [0.25, 0.3) is 5.91 Å². The SMILES string of the molecule is Cc1ccc(-c2cc(C(=O)Nc3ccncc3)no2)cc1C. The fourth-order valence-electron chi connectivity index (χ4n) is 2.04. The van der Waals surface area contributed by atoms with E-state index in [-0.39, 0.29) is 11.6 Å². The van der Waals surface area contributed by atoms with E-state index in [4.69, 9.17) is 4.52 Å². The molecule has 0 saturated carbocycles. The number of nitrogens with zero attached hydrogens (tertiary/aromatic N) is 2. The number of carbonyl (C=O) groups is 1. The van der Waals surface area contributed by atoms with Crippen LogP contribution in [0.15, 0.2) is 53.3 Å². The van der Waals surface area contributed by atoms with Crippen LogP contribution in [0.25, 0.3) is 11.3 Å². The van der Waals surface area contributed by atoms with Crippen molar-refractivity contribution in [3.8, 4) is 11.3 Å². The molecule has 110 valence electrons. The van der Waals surface area contributed by atoms with Gasteiger partial charge in [-0.05, 0) is 43.2 Å². The summed E-state index contributed by atoms with van der Waals surface area (Å²) in [6.45, 7) is 4.08. The van der Waals surface area contributed by atoms with Gasteiger partial charge in [-0.25, -0.2) is 0 Å². The van der Waals surface area contributed by atoms with E-state index in [0.29, 0.717) is 11.4 Å². The summed E-state index contributed by atoms with van der Waals surface area (Å²) >= 11 is 0. The molecule has 1 amide bonds. The number of hydrogen-bond acceptors (Lipinski definition) is 4. The molecule has 2 heterocycles. The van der Waals surface area contributed by atoms with Gasteiger partial charge in [0.2, 0.25) is 0 Å². The van der Waals surface area contributed by atoms with Crippen LogP contribution >= 0.6 is 0 Å². The van der Waals surface area contributed by atoms with Crippen molar-refractivity contribution in [3.63, 3.8) is 0 Å². The number of benzene rings is 1. The summed E-state index contributed by atoms with van der Waals surface area (Å²) in [5, 5.41) is 6.58. The molecule has 5 nitrogen and oxygen atoms in total. The van der Waals surface area contributed by atoms with Crippen LogP contribution in [-0.2, 0) is 0 Å². The summed E-state index contributed by atoms with van der Waals surface area (Å²) in [6, 6.07) is 11.0. The number of aromatic nitrogens is 2. The Morgan fingerprint density at radius 3 is 2.55 bits per heavy atom. The zero-order chi connectivity index (χ0) is 15.5. The van der Waals surface area contributed by atoms with Crippen molar-refractivity contribution in [2.24, 2.45) is 0 Å². The molecule has 0 aliphatic carbocycles. The van der Waals surface area contributed by atoms with Gasteiger partial charge in [0, 0.05) is 29.7 Å². The zero-order valence-electron chi connectivity index (χ0n) is 12.3. The number of hydrogen-bond donors (Lipinski definition) is 1. The van der Waals surface area contributed by atoms with Crippen LogP contribution in [0.3, 0.4) is 0 Å². The van der Waals surface area contributed by atoms with Crippen LogP contribution < -0.4 is 5.32 Å². The average molecular weight is 293 g/mol. The lowest BCUT2D eigenvalue weighted by Crippen LogP contribution is -2.11. The monoisotopic (exact) mass is 293 g/mol. The molecule has 1 aromatic carbocycles.